The fourth-order valence-corrected chi connectivity index (χ4v) is 9.12. The molecule has 47 heavy (non-hydrogen) atoms. The van der Waals surface area contributed by atoms with Gasteiger partial charge in [0.15, 0.2) is 0 Å². The number of furan rings is 2. The number of fused-ring (bicyclic) bond motifs is 12. The first kappa shape index (κ1) is 25.3. The molecular formula is C44H24O2S. The average molecular weight is 617 g/mol. The molecule has 0 aliphatic rings. The molecule has 0 amide bonds. The van der Waals surface area contributed by atoms with Crippen LogP contribution >= 0.6 is 11.3 Å². The summed E-state index contributed by atoms with van der Waals surface area (Å²) in [5.74, 6) is 0. The zero-order chi connectivity index (χ0) is 30.6. The van der Waals surface area contributed by atoms with Crippen LogP contribution in [0.15, 0.2) is 154 Å². The van der Waals surface area contributed by atoms with E-state index in [1.807, 2.05) is 29.5 Å². The minimum atomic E-state index is 0.868. The first-order valence-electron chi connectivity index (χ1n) is 15.9. The lowest BCUT2D eigenvalue weighted by Crippen LogP contribution is -1.91. The number of rotatable bonds is 2. The summed E-state index contributed by atoms with van der Waals surface area (Å²) in [5, 5.41) is 11.9. The van der Waals surface area contributed by atoms with Crippen LogP contribution in [0.3, 0.4) is 0 Å². The maximum Gasteiger partial charge on any atom is 0.143 e. The van der Waals surface area contributed by atoms with Gasteiger partial charge in [0.1, 0.15) is 22.3 Å². The number of hydrogen-bond acceptors (Lipinski definition) is 3. The summed E-state index contributed by atoms with van der Waals surface area (Å²) >= 11 is 1.87. The number of hydrogen-bond donors (Lipinski definition) is 0. The molecule has 0 N–H and O–H groups in total. The first-order valence-corrected chi connectivity index (χ1v) is 16.7. The molecule has 0 atom stereocenters. The normalized spacial score (nSPS) is 12.3. The van der Waals surface area contributed by atoms with E-state index in [-0.39, 0.29) is 0 Å². The van der Waals surface area contributed by atoms with Gasteiger partial charge < -0.3 is 8.83 Å². The van der Waals surface area contributed by atoms with Gasteiger partial charge in [0.2, 0.25) is 0 Å². The van der Waals surface area contributed by atoms with Crippen LogP contribution in [0.1, 0.15) is 0 Å². The van der Waals surface area contributed by atoms with Gasteiger partial charge in [-0.2, -0.15) is 0 Å². The summed E-state index contributed by atoms with van der Waals surface area (Å²) in [6.07, 6.45) is 0. The van der Waals surface area contributed by atoms with Crippen molar-refractivity contribution >= 4 is 96.9 Å². The topological polar surface area (TPSA) is 26.3 Å². The molecule has 0 aliphatic heterocycles. The van der Waals surface area contributed by atoms with Crippen molar-refractivity contribution in [2.75, 3.05) is 0 Å². The summed E-state index contributed by atoms with van der Waals surface area (Å²) in [7, 11) is 0. The Kier molecular flexibility index (Phi) is 5.02. The largest absolute Gasteiger partial charge is 0.456 e. The van der Waals surface area contributed by atoms with E-state index in [0.717, 1.165) is 49.4 Å². The molecule has 11 aromatic rings. The molecule has 11 rings (SSSR count). The Hall–Kier alpha value is -5.90. The van der Waals surface area contributed by atoms with Gasteiger partial charge in [-0.25, -0.2) is 0 Å². The summed E-state index contributed by atoms with van der Waals surface area (Å²) in [5.41, 5.74) is 8.37. The van der Waals surface area contributed by atoms with Crippen molar-refractivity contribution in [2.45, 2.75) is 0 Å². The third kappa shape index (κ3) is 3.39. The Morgan fingerprint density at radius 3 is 1.57 bits per heavy atom. The quantitative estimate of drug-likeness (QED) is 0.181. The maximum absolute atomic E-state index is 6.83. The van der Waals surface area contributed by atoms with E-state index in [1.54, 1.807) is 0 Å². The standard InChI is InChI=1S/C44H24O2S/c1-3-13-27-25(11-1)39(31-17-10-22-38-41(31)30-16-6-8-21-37(30)47-38)26-12-2-4-14-28(26)40(27)32-18-9-19-33-43-36(46-44(32)33)24-23-35-42(43)29-15-5-7-20-34(29)45-35/h1-24H. The fraction of sp³-hybridized carbons (Fsp3) is 0. The highest BCUT2D eigenvalue weighted by atomic mass is 32.1. The third-order valence-corrected chi connectivity index (χ3v) is 11.0. The van der Waals surface area contributed by atoms with E-state index < -0.39 is 0 Å². The average Bonchev–Trinajstić information content (AvgIpc) is 3.81. The SMILES string of the molecule is c1ccc2c(c1)oc1ccc3oc4c(-c5c6ccccc6c(-c6cccc7sc8ccccc8c67)c6ccccc56)cccc4c3c12. The summed E-state index contributed by atoms with van der Waals surface area (Å²) in [4.78, 5) is 0. The van der Waals surface area contributed by atoms with Crippen molar-refractivity contribution < 1.29 is 8.83 Å². The van der Waals surface area contributed by atoms with E-state index in [0.29, 0.717) is 0 Å². The van der Waals surface area contributed by atoms with Gasteiger partial charge in [0.05, 0.1) is 0 Å². The van der Waals surface area contributed by atoms with Crippen molar-refractivity contribution in [1.82, 2.24) is 0 Å². The van der Waals surface area contributed by atoms with Crippen LogP contribution in [-0.4, -0.2) is 0 Å². The molecule has 0 saturated carbocycles. The molecular weight excluding hydrogens is 593 g/mol. The van der Waals surface area contributed by atoms with E-state index in [9.17, 15) is 0 Å². The molecule has 218 valence electrons. The van der Waals surface area contributed by atoms with Crippen molar-refractivity contribution in [1.29, 1.82) is 0 Å². The molecule has 3 aromatic heterocycles. The van der Waals surface area contributed by atoms with Gasteiger partial charge in [-0.15, -0.1) is 11.3 Å². The molecule has 3 heteroatoms. The van der Waals surface area contributed by atoms with Crippen LogP contribution in [0.25, 0.3) is 108 Å². The zero-order valence-corrected chi connectivity index (χ0v) is 25.9. The molecule has 3 heterocycles. The second kappa shape index (κ2) is 9.32. The Morgan fingerprint density at radius 1 is 0.319 bits per heavy atom. The van der Waals surface area contributed by atoms with Crippen molar-refractivity contribution in [3.05, 3.63) is 146 Å². The predicted octanol–water partition coefficient (Wildman–Crippen LogP) is 13.5. The highest BCUT2D eigenvalue weighted by Crippen LogP contribution is 2.50. The van der Waals surface area contributed by atoms with Crippen molar-refractivity contribution in [3.8, 4) is 22.3 Å². The summed E-state index contributed by atoms with van der Waals surface area (Å²) in [6, 6.07) is 52.2. The van der Waals surface area contributed by atoms with Gasteiger partial charge >= 0.3 is 0 Å². The van der Waals surface area contributed by atoms with Crippen molar-refractivity contribution in [3.63, 3.8) is 0 Å². The molecule has 2 nitrogen and oxygen atoms in total. The minimum Gasteiger partial charge on any atom is -0.456 e. The summed E-state index contributed by atoms with van der Waals surface area (Å²) in [6.45, 7) is 0. The maximum atomic E-state index is 6.83. The monoisotopic (exact) mass is 616 g/mol. The minimum absolute atomic E-state index is 0.868. The third-order valence-electron chi connectivity index (χ3n) is 9.87. The van der Waals surface area contributed by atoms with E-state index >= 15 is 0 Å². The second-order valence-electron chi connectivity index (χ2n) is 12.3. The van der Waals surface area contributed by atoms with Crippen LogP contribution < -0.4 is 0 Å². The van der Waals surface area contributed by atoms with Gasteiger partial charge in [-0.3, -0.25) is 0 Å². The van der Waals surface area contributed by atoms with Gasteiger partial charge in [-0.05, 0) is 63.0 Å². The Labute approximate surface area is 272 Å². The lowest BCUT2D eigenvalue weighted by Gasteiger charge is -2.18. The fourth-order valence-electron chi connectivity index (χ4n) is 7.99. The van der Waals surface area contributed by atoms with E-state index in [4.69, 9.17) is 8.83 Å². The van der Waals surface area contributed by atoms with E-state index in [1.165, 1.54) is 58.4 Å². The van der Waals surface area contributed by atoms with E-state index in [2.05, 4.69) is 127 Å². The lowest BCUT2D eigenvalue weighted by atomic mass is 9.84. The first-order chi connectivity index (χ1) is 23.3. The number of benzene rings is 8. The highest BCUT2D eigenvalue weighted by Gasteiger charge is 2.23. The molecule has 0 fully saturated rings. The molecule has 0 spiro atoms. The van der Waals surface area contributed by atoms with Gasteiger partial charge in [0.25, 0.3) is 0 Å². The van der Waals surface area contributed by atoms with Crippen molar-refractivity contribution in [2.24, 2.45) is 0 Å². The summed E-state index contributed by atoms with van der Waals surface area (Å²) < 4.78 is 15.7. The Balaban J connectivity index is 1.29. The van der Waals surface area contributed by atoms with Crippen LogP contribution in [-0.2, 0) is 0 Å². The molecule has 0 saturated heterocycles. The predicted molar refractivity (Wildman–Crippen MR) is 200 cm³/mol. The number of thiophene rings is 1. The smallest absolute Gasteiger partial charge is 0.143 e. The second-order valence-corrected chi connectivity index (χ2v) is 13.4. The molecule has 0 unspecified atom stereocenters. The Morgan fingerprint density at radius 2 is 0.830 bits per heavy atom. The van der Waals surface area contributed by atoms with Gasteiger partial charge in [0, 0.05) is 52.8 Å². The van der Waals surface area contributed by atoms with Crippen LogP contribution in [0, 0.1) is 0 Å². The molecule has 0 bridgehead atoms. The van der Waals surface area contributed by atoms with Crippen LogP contribution in [0.2, 0.25) is 0 Å². The number of para-hydroxylation sites is 2. The zero-order valence-electron chi connectivity index (χ0n) is 25.1. The lowest BCUT2D eigenvalue weighted by molar-refractivity contribution is 0.663. The van der Waals surface area contributed by atoms with Gasteiger partial charge in [-0.1, -0.05) is 115 Å². The van der Waals surface area contributed by atoms with Crippen LogP contribution in [0.4, 0.5) is 0 Å². The van der Waals surface area contributed by atoms with Crippen LogP contribution in [0.5, 0.6) is 0 Å². The highest BCUT2D eigenvalue weighted by molar-refractivity contribution is 7.25. The molecule has 0 aliphatic carbocycles. The molecule has 0 radical (unpaired) electrons. The Bertz CT molecular complexity index is 3020. The molecule has 8 aromatic carbocycles.